The zero-order chi connectivity index (χ0) is 12.8. The maximum atomic E-state index is 13.3. The summed E-state index contributed by atoms with van der Waals surface area (Å²) in [6.07, 6.45) is 0. The maximum absolute atomic E-state index is 13.3. The lowest BCUT2D eigenvalue weighted by atomic mass is 10.1. The van der Waals surface area contributed by atoms with Gasteiger partial charge in [0.05, 0.1) is 0 Å². The van der Waals surface area contributed by atoms with E-state index >= 15 is 0 Å². The van der Waals surface area contributed by atoms with Gasteiger partial charge in [0.25, 0.3) is 0 Å². The second-order valence-corrected chi connectivity index (χ2v) is 4.27. The first-order chi connectivity index (χ1) is 8.06. The molecule has 4 heteroatoms. The number of benzene rings is 1. The van der Waals surface area contributed by atoms with Crippen LogP contribution in [0.4, 0.5) is 8.78 Å². The van der Waals surface area contributed by atoms with Crippen LogP contribution in [0.3, 0.4) is 0 Å². The molecule has 0 aliphatic heterocycles. The number of nitrogens with one attached hydrogen (secondary N) is 1. The van der Waals surface area contributed by atoms with E-state index in [0.717, 1.165) is 6.54 Å². The van der Waals surface area contributed by atoms with Crippen molar-refractivity contribution < 1.29 is 13.5 Å². The average Bonchev–Trinajstić information content (AvgIpc) is 2.26. The highest BCUT2D eigenvalue weighted by Gasteiger charge is 2.16. The molecule has 0 aromatic heterocycles. The van der Waals surface area contributed by atoms with Crippen molar-refractivity contribution in [3.8, 4) is 5.75 Å². The summed E-state index contributed by atoms with van der Waals surface area (Å²) in [4.78, 5) is 0. The lowest BCUT2D eigenvalue weighted by Crippen LogP contribution is -2.39. The Hall–Kier alpha value is -1.16. The van der Waals surface area contributed by atoms with Gasteiger partial charge in [-0.3, -0.25) is 0 Å². The Morgan fingerprint density at radius 1 is 1.24 bits per heavy atom. The lowest BCUT2D eigenvalue weighted by Gasteiger charge is -2.22. The average molecular weight is 243 g/mol. The molecule has 0 aliphatic carbocycles. The van der Waals surface area contributed by atoms with Crippen LogP contribution in [0.5, 0.6) is 5.75 Å². The fraction of sp³-hybridized carbons (Fsp3) is 0.538. The molecular formula is C13H19F2NO. The Bertz CT molecular complexity index is 335. The molecule has 17 heavy (non-hydrogen) atoms. The first kappa shape index (κ1) is 13.9. The molecule has 1 aromatic carbocycles. The van der Waals surface area contributed by atoms with Gasteiger partial charge < -0.3 is 10.1 Å². The van der Waals surface area contributed by atoms with Crippen LogP contribution in [0.1, 0.15) is 20.8 Å². The SMILES string of the molecule is CCNC(COc1c(F)cccc1F)C(C)C. The number of ether oxygens (including phenoxy) is 1. The van der Waals surface area contributed by atoms with Crippen LogP contribution >= 0.6 is 0 Å². The predicted molar refractivity (Wildman–Crippen MR) is 64.2 cm³/mol. The number of hydrogen-bond acceptors (Lipinski definition) is 2. The zero-order valence-corrected chi connectivity index (χ0v) is 10.5. The van der Waals surface area contributed by atoms with Crippen molar-refractivity contribution in [1.82, 2.24) is 5.32 Å². The minimum atomic E-state index is -0.663. The van der Waals surface area contributed by atoms with Crippen LogP contribution in [0.15, 0.2) is 18.2 Å². The van der Waals surface area contributed by atoms with Gasteiger partial charge in [-0.15, -0.1) is 0 Å². The molecule has 2 nitrogen and oxygen atoms in total. The highest BCUT2D eigenvalue weighted by atomic mass is 19.1. The fourth-order valence-corrected chi connectivity index (χ4v) is 1.54. The van der Waals surface area contributed by atoms with E-state index in [2.05, 4.69) is 5.32 Å². The monoisotopic (exact) mass is 243 g/mol. The molecule has 0 amide bonds. The molecule has 1 aromatic rings. The van der Waals surface area contributed by atoms with Gasteiger partial charge in [0.1, 0.15) is 6.61 Å². The first-order valence-electron chi connectivity index (χ1n) is 5.86. The van der Waals surface area contributed by atoms with E-state index in [1.807, 2.05) is 20.8 Å². The molecule has 0 spiro atoms. The summed E-state index contributed by atoms with van der Waals surface area (Å²) in [5, 5.41) is 3.22. The van der Waals surface area contributed by atoms with Crippen molar-refractivity contribution in [2.24, 2.45) is 5.92 Å². The number of hydrogen-bond donors (Lipinski definition) is 1. The van der Waals surface area contributed by atoms with Crippen LogP contribution < -0.4 is 10.1 Å². The van der Waals surface area contributed by atoms with Crippen molar-refractivity contribution in [2.45, 2.75) is 26.8 Å². The highest BCUT2D eigenvalue weighted by Crippen LogP contribution is 2.21. The van der Waals surface area contributed by atoms with E-state index in [0.29, 0.717) is 5.92 Å². The van der Waals surface area contributed by atoms with Crippen molar-refractivity contribution >= 4 is 0 Å². The quantitative estimate of drug-likeness (QED) is 0.829. The summed E-state index contributed by atoms with van der Waals surface area (Å²) in [6.45, 7) is 7.11. The molecule has 1 atom stereocenters. The summed E-state index contributed by atoms with van der Waals surface area (Å²) in [6, 6.07) is 3.78. The molecular weight excluding hydrogens is 224 g/mol. The van der Waals surface area contributed by atoms with E-state index in [9.17, 15) is 8.78 Å². The van der Waals surface area contributed by atoms with E-state index in [1.165, 1.54) is 18.2 Å². The molecule has 1 N–H and O–H groups in total. The summed E-state index contributed by atoms with van der Waals surface area (Å²) in [5.74, 6) is -1.28. The van der Waals surface area contributed by atoms with Crippen molar-refractivity contribution in [3.63, 3.8) is 0 Å². The predicted octanol–water partition coefficient (Wildman–Crippen LogP) is 2.98. The third-order valence-electron chi connectivity index (χ3n) is 2.60. The second-order valence-electron chi connectivity index (χ2n) is 4.27. The zero-order valence-electron chi connectivity index (χ0n) is 10.5. The van der Waals surface area contributed by atoms with Crippen molar-refractivity contribution in [3.05, 3.63) is 29.8 Å². The summed E-state index contributed by atoms with van der Waals surface area (Å²) in [5.41, 5.74) is 0. The maximum Gasteiger partial charge on any atom is 0.190 e. The van der Waals surface area contributed by atoms with E-state index in [1.54, 1.807) is 0 Å². The normalized spacial score (nSPS) is 12.8. The van der Waals surface area contributed by atoms with Gasteiger partial charge in [-0.1, -0.05) is 26.8 Å². The minimum Gasteiger partial charge on any atom is -0.486 e. The van der Waals surface area contributed by atoms with Crippen LogP contribution in [-0.2, 0) is 0 Å². The number of halogens is 2. The largest absolute Gasteiger partial charge is 0.486 e. The lowest BCUT2D eigenvalue weighted by molar-refractivity contribution is 0.216. The van der Waals surface area contributed by atoms with E-state index in [4.69, 9.17) is 4.74 Å². The standard InChI is InChI=1S/C13H19F2NO/c1-4-16-12(9(2)3)8-17-13-10(14)6-5-7-11(13)15/h5-7,9,12,16H,4,8H2,1-3H3. The van der Waals surface area contributed by atoms with Gasteiger partial charge in [0.2, 0.25) is 0 Å². The number of likely N-dealkylation sites (N-methyl/N-ethyl adjacent to an activating group) is 1. The van der Waals surface area contributed by atoms with Gasteiger partial charge in [-0.2, -0.15) is 0 Å². The summed E-state index contributed by atoms with van der Waals surface area (Å²) in [7, 11) is 0. The third kappa shape index (κ3) is 3.97. The van der Waals surface area contributed by atoms with E-state index < -0.39 is 11.6 Å². The Balaban J connectivity index is 2.65. The molecule has 0 bridgehead atoms. The van der Waals surface area contributed by atoms with Crippen LogP contribution in [0, 0.1) is 17.6 Å². The van der Waals surface area contributed by atoms with Crippen molar-refractivity contribution in [2.75, 3.05) is 13.2 Å². The Labute approximate surface area is 101 Å². The second kappa shape index (κ2) is 6.55. The van der Waals surface area contributed by atoms with Gasteiger partial charge in [0.15, 0.2) is 17.4 Å². The molecule has 0 radical (unpaired) electrons. The van der Waals surface area contributed by atoms with E-state index in [-0.39, 0.29) is 18.4 Å². The molecule has 0 saturated carbocycles. The Kier molecular flexibility index (Phi) is 5.35. The summed E-state index contributed by atoms with van der Waals surface area (Å²) >= 11 is 0. The Morgan fingerprint density at radius 2 is 1.82 bits per heavy atom. The topological polar surface area (TPSA) is 21.3 Å². The fourth-order valence-electron chi connectivity index (χ4n) is 1.54. The molecule has 0 fully saturated rings. The van der Waals surface area contributed by atoms with Crippen LogP contribution in [0.2, 0.25) is 0 Å². The smallest absolute Gasteiger partial charge is 0.190 e. The third-order valence-corrected chi connectivity index (χ3v) is 2.60. The molecule has 1 unspecified atom stereocenters. The summed E-state index contributed by atoms with van der Waals surface area (Å²) < 4.78 is 31.8. The van der Waals surface area contributed by atoms with Gasteiger partial charge in [0, 0.05) is 6.04 Å². The van der Waals surface area contributed by atoms with Crippen LogP contribution in [0.25, 0.3) is 0 Å². The Morgan fingerprint density at radius 3 is 2.29 bits per heavy atom. The first-order valence-corrected chi connectivity index (χ1v) is 5.86. The van der Waals surface area contributed by atoms with Gasteiger partial charge >= 0.3 is 0 Å². The molecule has 96 valence electrons. The molecule has 0 saturated heterocycles. The van der Waals surface area contributed by atoms with Gasteiger partial charge in [-0.05, 0) is 24.6 Å². The molecule has 0 heterocycles. The van der Waals surface area contributed by atoms with Gasteiger partial charge in [-0.25, -0.2) is 8.78 Å². The minimum absolute atomic E-state index is 0.0824. The molecule has 0 aliphatic rings. The van der Waals surface area contributed by atoms with Crippen LogP contribution in [-0.4, -0.2) is 19.2 Å². The molecule has 1 rings (SSSR count). The highest BCUT2D eigenvalue weighted by molar-refractivity contribution is 5.26. The van der Waals surface area contributed by atoms with Crippen molar-refractivity contribution in [1.29, 1.82) is 0 Å². The number of para-hydroxylation sites is 1. The number of rotatable bonds is 6.